The van der Waals surface area contributed by atoms with Crippen molar-refractivity contribution in [3.63, 3.8) is 0 Å². The molecule has 6 nitrogen and oxygen atoms in total. The van der Waals surface area contributed by atoms with Gasteiger partial charge in [0, 0.05) is 20.3 Å². The van der Waals surface area contributed by atoms with Crippen molar-refractivity contribution in [2.45, 2.75) is 33.1 Å². The van der Waals surface area contributed by atoms with Crippen LogP contribution in [0.5, 0.6) is 0 Å². The molecular weight excluding hydrogens is 220 g/mol. The Morgan fingerprint density at radius 1 is 1.29 bits per heavy atom. The van der Waals surface area contributed by atoms with E-state index in [0.29, 0.717) is 13.2 Å². The number of nitrogens with one attached hydrogen (secondary N) is 1. The van der Waals surface area contributed by atoms with Crippen LogP contribution in [0.1, 0.15) is 32.6 Å². The summed E-state index contributed by atoms with van der Waals surface area (Å²) in [5.74, 6) is 0.818. The minimum absolute atomic E-state index is 0.104. The molecule has 17 heavy (non-hydrogen) atoms. The highest BCUT2D eigenvalue weighted by Crippen LogP contribution is 2.17. The van der Waals surface area contributed by atoms with Gasteiger partial charge in [0.25, 0.3) is 0 Å². The molecular formula is C11H22N4O2. The maximum Gasteiger partial charge on any atom is 0.179 e. The minimum Gasteiger partial charge on any atom is -0.351 e. The fraction of sp³-hybridized carbons (Fsp3) is 0.818. The summed E-state index contributed by atoms with van der Waals surface area (Å²) in [6, 6.07) is -0.104. The summed E-state index contributed by atoms with van der Waals surface area (Å²) in [7, 11) is 1.86. The molecule has 0 fully saturated rings. The van der Waals surface area contributed by atoms with Crippen molar-refractivity contribution < 1.29 is 9.47 Å². The van der Waals surface area contributed by atoms with Crippen LogP contribution in [-0.2, 0) is 16.5 Å². The first-order valence-electron chi connectivity index (χ1n) is 6.05. The summed E-state index contributed by atoms with van der Waals surface area (Å²) in [5.41, 5.74) is 0. The second-order valence-corrected chi connectivity index (χ2v) is 3.56. The fourth-order valence-electron chi connectivity index (χ4n) is 1.68. The maximum atomic E-state index is 5.61. The molecule has 0 amide bonds. The number of ether oxygens (including phenoxy) is 2. The summed E-state index contributed by atoms with van der Waals surface area (Å²) in [4.78, 5) is 4.25. The Hall–Kier alpha value is -0.980. The molecule has 98 valence electrons. The van der Waals surface area contributed by atoms with Crippen molar-refractivity contribution in [1.29, 1.82) is 0 Å². The highest BCUT2D eigenvalue weighted by atomic mass is 16.7. The minimum atomic E-state index is -0.340. The standard InChI is InChI=1S/C11H22N4O2/c1-5-12-9(10-13-8-14-15(10)4)11(16-6-2)17-7-3/h8-9,11-12H,5-7H2,1-4H3. The number of hydrogen-bond donors (Lipinski definition) is 1. The van der Waals surface area contributed by atoms with E-state index in [1.165, 1.54) is 6.33 Å². The quantitative estimate of drug-likeness (QED) is 0.685. The highest BCUT2D eigenvalue weighted by molar-refractivity contribution is 4.95. The molecule has 1 unspecified atom stereocenters. The zero-order valence-electron chi connectivity index (χ0n) is 11.0. The monoisotopic (exact) mass is 242 g/mol. The molecule has 0 aliphatic heterocycles. The molecule has 0 aliphatic rings. The summed E-state index contributed by atoms with van der Waals surface area (Å²) in [6.07, 6.45) is 1.20. The van der Waals surface area contributed by atoms with Crippen LogP contribution in [0, 0.1) is 0 Å². The zero-order valence-corrected chi connectivity index (χ0v) is 11.0. The average Bonchev–Trinajstić information content (AvgIpc) is 2.72. The van der Waals surface area contributed by atoms with Gasteiger partial charge >= 0.3 is 0 Å². The van der Waals surface area contributed by atoms with E-state index in [1.54, 1.807) is 4.68 Å². The molecule has 1 aromatic rings. The zero-order chi connectivity index (χ0) is 12.7. The van der Waals surface area contributed by atoms with Gasteiger partial charge in [-0.05, 0) is 20.4 Å². The Morgan fingerprint density at radius 3 is 2.35 bits per heavy atom. The first-order chi connectivity index (χ1) is 8.24. The number of likely N-dealkylation sites (N-methyl/N-ethyl adjacent to an activating group) is 1. The van der Waals surface area contributed by atoms with Crippen LogP contribution >= 0.6 is 0 Å². The van der Waals surface area contributed by atoms with Gasteiger partial charge in [-0.1, -0.05) is 6.92 Å². The van der Waals surface area contributed by atoms with Gasteiger partial charge in [-0.2, -0.15) is 5.10 Å². The van der Waals surface area contributed by atoms with E-state index in [-0.39, 0.29) is 12.3 Å². The van der Waals surface area contributed by atoms with Gasteiger partial charge in [-0.25, -0.2) is 4.98 Å². The molecule has 1 N–H and O–H groups in total. The number of rotatable bonds is 8. The molecule has 0 bridgehead atoms. The Kier molecular flexibility index (Phi) is 6.10. The van der Waals surface area contributed by atoms with Crippen molar-refractivity contribution >= 4 is 0 Å². The lowest BCUT2D eigenvalue weighted by Crippen LogP contribution is -2.37. The summed E-state index contributed by atoms with van der Waals surface area (Å²) >= 11 is 0. The predicted molar refractivity (Wildman–Crippen MR) is 64.5 cm³/mol. The van der Waals surface area contributed by atoms with E-state index in [2.05, 4.69) is 15.4 Å². The molecule has 0 radical (unpaired) electrons. The molecule has 0 spiro atoms. The van der Waals surface area contributed by atoms with Crippen molar-refractivity contribution in [2.75, 3.05) is 19.8 Å². The summed E-state index contributed by atoms with van der Waals surface area (Å²) < 4.78 is 13.0. The number of hydrogen-bond acceptors (Lipinski definition) is 5. The van der Waals surface area contributed by atoms with Crippen LogP contribution in [0.15, 0.2) is 6.33 Å². The lowest BCUT2D eigenvalue weighted by Gasteiger charge is -2.26. The Bertz CT molecular complexity index is 310. The van der Waals surface area contributed by atoms with E-state index in [4.69, 9.17) is 9.47 Å². The summed E-state index contributed by atoms with van der Waals surface area (Å²) in [5, 5.41) is 7.40. The van der Waals surface area contributed by atoms with Crippen LogP contribution in [0.4, 0.5) is 0 Å². The predicted octanol–water partition coefficient (Wildman–Crippen LogP) is 0.865. The summed E-state index contributed by atoms with van der Waals surface area (Å²) in [6.45, 7) is 7.96. The topological polar surface area (TPSA) is 61.2 Å². The first kappa shape index (κ1) is 14.1. The molecule has 0 aliphatic carbocycles. The number of nitrogens with zero attached hydrogens (tertiary/aromatic N) is 3. The van der Waals surface area contributed by atoms with Gasteiger partial charge in [0.2, 0.25) is 0 Å². The van der Waals surface area contributed by atoms with Gasteiger partial charge in [0.05, 0.1) is 0 Å². The lowest BCUT2D eigenvalue weighted by molar-refractivity contribution is -0.156. The smallest absolute Gasteiger partial charge is 0.179 e. The van der Waals surface area contributed by atoms with Crippen LogP contribution in [0.25, 0.3) is 0 Å². The Morgan fingerprint density at radius 2 is 1.94 bits per heavy atom. The SMILES string of the molecule is CCNC(c1ncnn1C)C(OCC)OCC. The number of aryl methyl sites for hydroxylation is 1. The third-order valence-corrected chi connectivity index (χ3v) is 2.38. The largest absolute Gasteiger partial charge is 0.351 e. The molecule has 1 atom stereocenters. The van der Waals surface area contributed by atoms with Gasteiger partial charge in [-0.15, -0.1) is 0 Å². The van der Waals surface area contributed by atoms with Gasteiger partial charge < -0.3 is 14.8 Å². The lowest BCUT2D eigenvalue weighted by atomic mass is 10.2. The molecule has 6 heteroatoms. The van der Waals surface area contributed by atoms with Gasteiger partial charge in [0.1, 0.15) is 18.2 Å². The van der Waals surface area contributed by atoms with Gasteiger partial charge in [0.15, 0.2) is 6.29 Å². The van der Waals surface area contributed by atoms with Gasteiger partial charge in [-0.3, -0.25) is 4.68 Å². The third kappa shape index (κ3) is 3.76. The van der Waals surface area contributed by atoms with E-state index < -0.39 is 0 Å². The molecule has 1 rings (SSSR count). The fourth-order valence-corrected chi connectivity index (χ4v) is 1.68. The number of aromatic nitrogens is 3. The first-order valence-corrected chi connectivity index (χ1v) is 6.05. The van der Waals surface area contributed by atoms with Crippen LogP contribution in [0.3, 0.4) is 0 Å². The van der Waals surface area contributed by atoms with E-state index in [1.807, 2.05) is 27.8 Å². The van der Waals surface area contributed by atoms with E-state index >= 15 is 0 Å². The highest BCUT2D eigenvalue weighted by Gasteiger charge is 2.27. The average molecular weight is 242 g/mol. The van der Waals surface area contributed by atoms with Crippen molar-refractivity contribution in [2.24, 2.45) is 7.05 Å². The molecule has 0 saturated heterocycles. The van der Waals surface area contributed by atoms with Crippen molar-refractivity contribution in [3.8, 4) is 0 Å². The van der Waals surface area contributed by atoms with Crippen LogP contribution in [-0.4, -0.2) is 40.8 Å². The van der Waals surface area contributed by atoms with Crippen molar-refractivity contribution in [3.05, 3.63) is 12.2 Å². The normalized spacial score (nSPS) is 13.2. The second kappa shape index (κ2) is 7.37. The molecule has 0 aromatic carbocycles. The Labute approximate surface area is 102 Å². The third-order valence-electron chi connectivity index (χ3n) is 2.38. The second-order valence-electron chi connectivity index (χ2n) is 3.56. The molecule has 1 aromatic heterocycles. The van der Waals surface area contributed by atoms with Crippen LogP contribution in [0.2, 0.25) is 0 Å². The molecule has 1 heterocycles. The van der Waals surface area contributed by atoms with E-state index in [0.717, 1.165) is 12.4 Å². The Balaban J connectivity index is 2.85. The van der Waals surface area contributed by atoms with Crippen molar-refractivity contribution in [1.82, 2.24) is 20.1 Å². The molecule has 0 saturated carbocycles. The maximum absolute atomic E-state index is 5.61. The van der Waals surface area contributed by atoms with Crippen LogP contribution < -0.4 is 5.32 Å². The van der Waals surface area contributed by atoms with E-state index in [9.17, 15) is 0 Å².